The lowest BCUT2D eigenvalue weighted by molar-refractivity contribution is -0.119. The van der Waals surface area contributed by atoms with Gasteiger partial charge in [-0.3, -0.25) is 9.10 Å². The average molecular weight is 516 g/mol. The smallest absolute Gasteiger partial charge is 0.240 e. The van der Waals surface area contributed by atoms with Crippen LogP contribution in [0.1, 0.15) is 5.56 Å². The zero-order valence-electron chi connectivity index (χ0n) is 15.3. The molecule has 2 aromatic carbocycles. The summed E-state index contributed by atoms with van der Waals surface area (Å²) in [6.07, 6.45) is 0.986. The van der Waals surface area contributed by atoms with E-state index >= 15 is 0 Å². The summed E-state index contributed by atoms with van der Waals surface area (Å²) in [5.74, 6) is 0.955. The van der Waals surface area contributed by atoms with E-state index in [0.29, 0.717) is 17.3 Å². The molecule has 5 nitrogen and oxygen atoms in total. The summed E-state index contributed by atoms with van der Waals surface area (Å²) in [4.78, 5) is 12.3. The van der Waals surface area contributed by atoms with Crippen LogP contribution in [0.15, 0.2) is 36.4 Å². The molecular formula is C18H18Cl4N2O3S2. The summed E-state index contributed by atoms with van der Waals surface area (Å²) in [7, 11) is -3.77. The predicted molar refractivity (Wildman–Crippen MR) is 124 cm³/mol. The molecule has 0 aliphatic carbocycles. The number of rotatable bonds is 9. The molecule has 0 atom stereocenters. The van der Waals surface area contributed by atoms with Gasteiger partial charge in [-0.2, -0.15) is 11.8 Å². The van der Waals surface area contributed by atoms with Crippen LogP contribution in [0.4, 0.5) is 5.69 Å². The number of carbonyl (C=O) groups is 1. The molecule has 1 amide bonds. The Labute approximate surface area is 194 Å². The number of carbonyl (C=O) groups excluding carboxylic acids is 1. The maximum atomic E-state index is 12.3. The van der Waals surface area contributed by atoms with Crippen LogP contribution >= 0.6 is 58.2 Å². The SMILES string of the molecule is CS(=O)(=O)N(CC(=O)NCCSCc1cccc(Cl)c1)c1cc(Cl)c(Cl)cc1Cl. The number of nitrogens with zero attached hydrogens (tertiary/aromatic N) is 1. The first-order valence-electron chi connectivity index (χ1n) is 8.29. The minimum atomic E-state index is -3.77. The second-order valence-electron chi connectivity index (χ2n) is 6.02. The highest BCUT2D eigenvalue weighted by atomic mass is 35.5. The van der Waals surface area contributed by atoms with Gasteiger partial charge in [0.15, 0.2) is 0 Å². The van der Waals surface area contributed by atoms with Gasteiger partial charge < -0.3 is 5.32 Å². The van der Waals surface area contributed by atoms with E-state index in [0.717, 1.165) is 21.9 Å². The van der Waals surface area contributed by atoms with Gasteiger partial charge >= 0.3 is 0 Å². The molecule has 0 aromatic heterocycles. The Morgan fingerprint density at radius 3 is 2.41 bits per heavy atom. The fourth-order valence-corrected chi connectivity index (χ4v) is 4.92. The van der Waals surface area contributed by atoms with Crippen molar-refractivity contribution in [3.05, 3.63) is 62.1 Å². The first-order valence-corrected chi connectivity index (χ1v) is 12.8. The molecule has 0 fully saturated rings. The van der Waals surface area contributed by atoms with E-state index in [2.05, 4.69) is 5.32 Å². The summed E-state index contributed by atoms with van der Waals surface area (Å²) < 4.78 is 25.2. The van der Waals surface area contributed by atoms with Gasteiger partial charge in [-0.15, -0.1) is 0 Å². The van der Waals surface area contributed by atoms with Crippen LogP contribution in [0.3, 0.4) is 0 Å². The normalized spacial score (nSPS) is 11.3. The van der Waals surface area contributed by atoms with E-state index in [4.69, 9.17) is 46.4 Å². The second-order valence-corrected chi connectivity index (χ2v) is 10.7. The van der Waals surface area contributed by atoms with Gasteiger partial charge in [0.25, 0.3) is 0 Å². The predicted octanol–water partition coefficient (Wildman–Crippen LogP) is 5.12. The number of halogens is 4. The van der Waals surface area contributed by atoms with Crippen molar-refractivity contribution in [1.29, 1.82) is 0 Å². The molecule has 29 heavy (non-hydrogen) atoms. The van der Waals surface area contributed by atoms with Gasteiger partial charge in [-0.05, 0) is 29.8 Å². The summed E-state index contributed by atoms with van der Waals surface area (Å²) >= 11 is 25.5. The number of anilines is 1. The van der Waals surface area contributed by atoms with Gasteiger partial charge in [-0.1, -0.05) is 58.5 Å². The van der Waals surface area contributed by atoms with E-state index < -0.39 is 22.5 Å². The van der Waals surface area contributed by atoms with Crippen molar-refractivity contribution in [2.45, 2.75) is 5.75 Å². The molecule has 2 rings (SSSR count). The number of benzene rings is 2. The van der Waals surface area contributed by atoms with Gasteiger partial charge in [-0.25, -0.2) is 8.42 Å². The molecule has 0 saturated carbocycles. The first kappa shape index (κ1) is 24.4. The third-order valence-electron chi connectivity index (χ3n) is 3.67. The van der Waals surface area contributed by atoms with Crippen molar-refractivity contribution in [3.63, 3.8) is 0 Å². The van der Waals surface area contributed by atoms with E-state index in [9.17, 15) is 13.2 Å². The van der Waals surface area contributed by atoms with Crippen LogP contribution in [0, 0.1) is 0 Å². The Bertz CT molecular complexity index is 987. The molecule has 0 bridgehead atoms. The third kappa shape index (κ3) is 7.74. The number of thioether (sulfide) groups is 1. The summed E-state index contributed by atoms with van der Waals surface area (Å²) in [6.45, 7) is -0.0355. The highest BCUT2D eigenvalue weighted by Crippen LogP contribution is 2.35. The Kier molecular flexibility index (Phi) is 9.25. The molecule has 0 aliphatic heterocycles. The van der Waals surface area contributed by atoms with E-state index in [1.165, 1.54) is 12.1 Å². The van der Waals surface area contributed by atoms with Crippen molar-refractivity contribution in [2.24, 2.45) is 0 Å². The zero-order chi connectivity index (χ0) is 21.6. The highest BCUT2D eigenvalue weighted by Gasteiger charge is 2.24. The topological polar surface area (TPSA) is 66.5 Å². The number of sulfonamides is 1. The molecule has 11 heteroatoms. The Balaban J connectivity index is 1.91. The fourth-order valence-electron chi connectivity index (χ4n) is 2.35. The zero-order valence-corrected chi connectivity index (χ0v) is 19.9. The van der Waals surface area contributed by atoms with E-state index in [1.54, 1.807) is 11.8 Å². The molecule has 0 saturated heterocycles. The highest BCUT2D eigenvalue weighted by molar-refractivity contribution is 7.98. The minimum Gasteiger partial charge on any atom is -0.354 e. The monoisotopic (exact) mass is 514 g/mol. The molecule has 1 N–H and O–H groups in total. The molecule has 0 unspecified atom stereocenters. The van der Waals surface area contributed by atoms with Crippen LogP contribution in [0.5, 0.6) is 0 Å². The van der Waals surface area contributed by atoms with Crippen molar-refractivity contribution < 1.29 is 13.2 Å². The number of hydrogen-bond donors (Lipinski definition) is 1. The lowest BCUT2D eigenvalue weighted by Gasteiger charge is -2.23. The van der Waals surface area contributed by atoms with Gasteiger partial charge in [0.1, 0.15) is 6.54 Å². The molecule has 2 aromatic rings. The Morgan fingerprint density at radius 2 is 1.76 bits per heavy atom. The van der Waals surface area contributed by atoms with Crippen LogP contribution in [-0.2, 0) is 20.6 Å². The summed E-state index contributed by atoms with van der Waals surface area (Å²) in [6, 6.07) is 10.2. The van der Waals surface area contributed by atoms with Gasteiger partial charge in [0.05, 0.1) is 27.0 Å². The largest absolute Gasteiger partial charge is 0.354 e. The number of hydrogen-bond acceptors (Lipinski definition) is 4. The Hall–Kier alpha value is -0.830. The van der Waals surface area contributed by atoms with Gasteiger partial charge in [0.2, 0.25) is 15.9 Å². The molecule has 0 aliphatic rings. The van der Waals surface area contributed by atoms with Crippen molar-refractivity contribution in [2.75, 3.05) is 29.4 Å². The van der Waals surface area contributed by atoms with Crippen molar-refractivity contribution in [3.8, 4) is 0 Å². The van der Waals surface area contributed by atoms with Crippen LogP contribution in [0.2, 0.25) is 20.1 Å². The molecule has 0 spiro atoms. The van der Waals surface area contributed by atoms with Gasteiger partial charge in [0, 0.05) is 23.1 Å². The lowest BCUT2D eigenvalue weighted by atomic mass is 10.2. The maximum absolute atomic E-state index is 12.3. The van der Waals surface area contributed by atoms with Crippen LogP contribution < -0.4 is 9.62 Å². The average Bonchev–Trinajstić information content (AvgIpc) is 2.62. The molecule has 0 radical (unpaired) electrons. The van der Waals surface area contributed by atoms with Crippen molar-refractivity contribution >= 4 is 79.8 Å². The quantitative estimate of drug-likeness (QED) is 0.372. The van der Waals surface area contributed by atoms with E-state index in [-0.39, 0.29) is 20.8 Å². The van der Waals surface area contributed by atoms with Crippen LogP contribution in [-0.4, -0.2) is 39.4 Å². The second kappa shape index (κ2) is 11.0. The van der Waals surface area contributed by atoms with E-state index in [1.807, 2.05) is 24.3 Å². The molecule has 158 valence electrons. The minimum absolute atomic E-state index is 0.0784. The van der Waals surface area contributed by atoms with Crippen LogP contribution in [0.25, 0.3) is 0 Å². The third-order valence-corrected chi connectivity index (χ3v) is 7.09. The number of amides is 1. The summed E-state index contributed by atoms with van der Waals surface area (Å²) in [5.41, 5.74) is 1.18. The lowest BCUT2D eigenvalue weighted by Crippen LogP contribution is -2.41. The van der Waals surface area contributed by atoms with Crippen molar-refractivity contribution in [1.82, 2.24) is 5.32 Å². The molecule has 0 heterocycles. The maximum Gasteiger partial charge on any atom is 0.240 e. The molecular weight excluding hydrogens is 498 g/mol. The first-order chi connectivity index (χ1) is 13.6. The standard InChI is InChI=1S/C18H18Cl4N2O3S2/c1-29(26,27)24(17-9-15(21)14(20)8-16(17)22)10-18(25)23-5-6-28-11-12-3-2-4-13(19)7-12/h2-4,7-9H,5-6,10-11H2,1H3,(H,23,25). The fraction of sp³-hybridized carbons (Fsp3) is 0.278. The Morgan fingerprint density at radius 1 is 1.07 bits per heavy atom. The number of nitrogens with one attached hydrogen (secondary N) is 1. The summed E-state index contributed by atoms with van der Waals surface area (Å²) in [5, 5.41) is 3.79.